The number of nitrogens with zero attached hydrogens (tertiary/aromatic N) is 6. The summed E-state index contributed by atoms with van der Waals surface area (Å²) in [6.45, 7) is 1.03. The molecule has 0 aromatic carbocycles. The molecule has 0 aliphatic heterocycles. The summed E-state index contributed by atoms with van der Waals surface area (Å²) in [6.07, 6.45) is 0. The van der Waals surface area contributed by atoms with E-state index in [4.69, 9.17) is 14.6 Å². The number of nitrogens with two attached hydrogens (primary N) is 1. The van der Waals surface area contributed by atoms with E-state index in [0.717, 1.165) is 0 Å². The van der Waals surface area contributed by atoms with Crippen LogP contribution in [0.5, 0.6) is 0 Å². The van der Waals surface area contributed by atoms with Gasteiger partial charge in [-0.15, -0.1) is 15.3 Å². The van der Waals surface area contributed by atoms with E-state index in [1.807, 2.05) is 0 Å². The molecule has 0 aliphatic rings. The molecule has 0 fully saturated rings. The molecular weight excluding hydrogens is 362 g/mol. The molecule has 0 atom stereocenters. The van der Waals surface area contributed by atoms with Crippen LogP contribution in [0.25, 0.3) is 11.7 Å². The summed E-state index contributed by atoms with van der Waals surface area (Å²) in [5.41, 5.74) is 5.48. The van der Waals surface area contributed by atoms with E-state index >= 15 is 0 Å². The van der Waals surface area contributed by atoms with Crippen LogP contribution < -0.4 is 5.73 Å². The Labute approximate surface area is 131 Å². The maximum Gasteiger partial charge on any atom is 0.283 e. The number of thioether (sulfide) groups is 1. The van der Waals surface area contributed by atoms with Gasteiger partial charge in [0.2, 0.25) is 11.0 Å². The molecule has 3 rings (SSSR count). The van der Waals surface area contributed by atoms with Crippen molar-refractivity contribution >= 4 is 27.7 Å². The molecule has 2 N–H and O–H groups in total. The highest BCUT2D eigenvalue weighted by molar-refractivity contribution is 9.10. The Balaban J connectivity index is 1.66. The van der Waals surface area contributed by atoms with Gasteiger partial charge in [0.1, 0.15) is 0 Å². The van der Waals surface area contributed by atoms with Crippen molar-refractivity contribution in [3.63, 3.8) is 0 Å². The standard InChI is InChI=1S/C10H10BrN7O2S/c11-7-2-1-6(19-7)9-14-13-8(20-9)5-21-10-15-16-17-18(10)4-3-12/h1-2H,3-5,12H2. The lowest BCUT2D eigenvalue weighted by Gasteiger charge is -1.99. The molecule has 0 aliphatic carbocycles. The minimum Gasteiger partial charge on any atom is -0.444 e. The predicted molar refractivity (Wildman–Crippen MR) is 76.1 cm³/mol. The summed E-state index contributed by atoms with van der Waals surface area (Å²) < 4.78 is 13.1. The second kappa shape index (κ2) is 6.37. The van der Waals surface area contributed by atoms with E-state index < -0.39 is 0 Å². The van der Waals surface area contributed by atoms with E-state index in [2.05, 4.69) is 41.7 Å². The maximum atomic E-state index is 5.52. The largest absolute Gasteiger partial charge is 0.444 e. The minimum atomic E-state index is 0.331. The molecule has 3 heterocycles. The van der Waals surface area contributed by atoms with Crippen molar-refractivity contribution in [1.29, 1.82) is 0 Å². The molecule has 3 aromatic rings. The van der Waals surface area contributed by atoms with Gasteiger partial charge >= 0.3 is 0 Å². The highest BCUT2D eigenvalue weighted by Gasteiger charge is 2.14. The Hall–Kier alpha value is -1.72. The Morgan fingerprint density at radius 2 is 2.14 bits per heavy atom. The van der Waals surface area contributed by atoms with Crippen molar-refractivity contribution in [2.75, 3.05) is 6.54 Å². The van der Waals surface area contributed by atoms with Crippen LogP contribution in [0, 0.1) is 0 Å². The van der Waals surface area contributed by atoms with Crippen molar-refractivity contribution in [2.24, 2.45) is 5.73 Å². The van der Waals surface area contributed by atoms with Gasteiger partial charge in [-0.3, -0.25) is 0 Å². The minimum absolute atomic E-state index is 0.331. The van der Waals surface area contributed by atoms with Crippen LogP contribution in [-0.4, -0.2) is 36.9 Å². The van der Waals surface area contributed by atoms with Crippen LogP contribution in [0.2, 0.25) is 0 Å². The normalized spacial score (nSPS) is 11.1. The fraction of sp³-hybridized carbons (Fsp3) is 0.300. The number of hydrogen-bond acceptors (Lipinski definition) is 9. The van der Waals surface area contributed by atoms with Crippen molar-refractivity contribution in [1.82, 2.24) is 30.4 Å². The van der Waals surface area contributed by atoms with Crippen LogP contribution in [0.1, 0.15) is 5.89 Å². The Morgan fingerprint density at radius 3 is 2.90 bits per heavy atom. The zero-order valence-electron chi connectivity index (χ0n) is 10.6. The lowest BCUT2D eigenvalue weighted by Crippen LogP contribution is -2.12. The first kappa shape index (κ1) is 14.2. The van der Waals surface area contributed by atoms with Gasteiger partial charge in [0, 0.05) is 6.54 Å². The first-order valence-electron chi connectivity index (χ1n) is 5.93. The van der Waals surface area contributed by atoms with Crippen molar-refractivity contribution < 1.29 is 8.83 Å². The van der Waals surface area contributed by atoms with Gasteiger partial charge in [0.25, 0.3) is 5.89 Å². The van der Waals surface area contributed by atoms with E-state index in [1.54, 1.807) is 16.8 Å². The van der Waals surface area contributed by atoms with Gasteiger partial charge < -0.3 is 14.6 Å². The average molecular weight is 372 g/mol. The SMILES string of the molecule is NCCn1nnnc1SCc1nnc(-c2ccc(Br)o2)o1. The van der Waals surface area contributed by atoms with E-state index in [9.17, 15) is 0 Å². The van der Waals surface area contributed by atoms with E-state index in [0.29, 0.717) is 46.2 Å². The van der Waals surface area contributed by atoms with Crippen LogP contribution in [-0.2, 0) is 12.3 Å². The molecule has 9 nitrogen and oxygen atoms in total. The van der Waals surface area contributed by atoms with Gasteiger partial charge in [-0.25, -0.2) is 4.68 Å². The average Bonchev–Trinajstić information content (AvgIpc) is 3.17. The first-order valence-corrected chi connectivity index (χ1v) is 7.71. The van der Waals surface area contributed by atoms with Gasteiger partial charge in [-0.1, -0.05) is 11.8 Å². The number of aromatic nitrogens is 6. The third-order valence-electron chi connectivity index (χ3n) is 2.42. The summed E-state index contributed by atoms with van der Waals surface area (Å²) in [5, 5.41) is 19.9. The van der Waals surface area contributed by atoms with Crippen LogP contribution in [0.3, 0.4) is 0 Å². The van der Waals surface area contributed by atoms with Crippen LogP contribution in [0.15, 0.2) is 30.8 Å². The molecular formula is C10H10BrN7O2S. The van der Waals surface area contributed by atoms with Crippen LogP contribution in [0.4, 0.5) is 0 Å². The lowest BCUT2D eigenvalue weighted by atomic mass is 10.5. The fourth-order valence-electron chi connectivity index (χ4n) is 1.53. The molecule has 0 saturated heterocycles. The monoisotopic (exact) mass is 371 g/mol. The molecule has 21 heavy (non-hydrogen) atoms. The summed E-state index contributed by atoms with van der Waals surface area (Å²) in [4.78, 5) is 0. The quantitative estimate of drug-likeness (QED) is 0.639. The summed E-state index contributed by atoms with van der Waals surface area (Å²) in [6, 6.07) is 3.51. The zero-order valence-corrected chi connectivity index (χ0v) is 13.0. The van der Waals surface area contributed by atoms with E-state index in [-0.39, 0.29) is 0 Å². The number of halogens is 1. The smallest absolute Gasteiger partial charge is 0.283 e. The molecule has 0 unspecified atom stereocenters. The topological polar surface area (TPSA) is 122 Å². The van der Waals surface area contributed by atoms with Crippen molar-refractivity contribution in [3.05, 3.63) is 22.7 Å². The fourth-order valence-corrected chi connectivity index (χ4v) is 2.58. The Morgan fingerprint density at radius 1 is 1.24 bits per heavy atom. The van der Waals surface area contributed by atoms with Crippen molar-refractivity contribution in [2.45, 2.75) is 17.5 Å². The molecule has 0 amide bonds. The summed E-state index contributed by atoms with van der Waals surface area (Å²) >= 11 is 4.62. The number of rotatable bonds is 6. The molecule has 3 aromatic heterocycles. The third-order valence-corrected chi connectivity index (χ3v) is 3.78. The lowest BCUT2D eigenvalue weighted by molar-refractivity contribution is 0.486. The second-order valence-corrected chi connectivity index (χ2v) is 5.59. The second-order valence-electron chi connectivity index (χ2n) is 3.87. The van der Waals surface area contributed by atoms with Gasteiger partial charge in [-0.2, -0.15) is 0 Å². The van der Waals surface area contributed by atoms with Gasteiger partial charge in [-0.05, 0) is 38.5 Å². The zero-order chi connectivity index (χ0) is 14.7. The van der Waals surface area contributed by atoms with Crippen LogP contribution >= 0.6 is 27.7 Å². The molecule has 0 spiro atoms. The molecule has 0 radical (unpaired) electrons. The molecule has 110 valence electrons. The highest BCUT2D eigenvalue weighted by Crippen LogP contribution is 2.25. The summed E-state index contributed by atoms with van der Waals surface area (Å²) in [5.74, 6) is 1.76. The Bertz CT molecular complexity index is 724. The highest BCUT2D eigenvalue weighted by atomic mass is 79.9. The molecule has 0 saturated carbocycles. The van der Waals surface area contributed by atoms with Gasteiger partial charge in [0.15, 0.2) is 10.4 Å². The maximum absolute atomic E-state index is 5.52. The third kappa shape index (κ3) is 3.31. The molecule has 11 heteroatoms. The first-order chi connectivity index (χ1) is 10.3. The number of furan rings is 1. The van der Waals surface area contributed by atoms with Gasteiger partial charge in [0.05, 0.1) is 12.3 Å². The Kier molecular flexibility index (Phi) is 4.31. The number of tetrazole rings is 1. The number of hydrogen-bond donors (Lipinski definition) is 1. The summed E-state index contributed by atoms with van der Waals surface area (Å²) in [7, 11) is 0. The van der Waals surface area contributed by atoms with Crippen molar-refractivity contribution in [3.8, 4) is 11.7 Å². The van der Waals surface area contributed by atoms with E-state index in [1.165, 1.54) is 11.8 Å². The predicted octanol–water partition coefficient (Wildman–Crippen LogP) is 1.33. The molecule has 0 bridgehead atoms.